The summed E-state index contributed by atoms with van der Waals surface area (Å²) < 4.78 is 7.32. The van der Waals surface area contributed by atoms with Gasteiger partial charge in [0.15, 0.2) is 11.8 Å². The first-order chi connectivity index (χ1) is 14.5. The Morgan fingerprint density at radius 3 is 2.68 bits per heavy atom. The van der Waals surface area contributed by atoms with Gasteiger partial charge < -0.3 is 25.3 Å². The van der Waals surface area contributed by atoms with Gasteiger partial charge >= 0.3 is 0 Å². The zero-order valence-corrected chi connectivity index (χ0v) is 21.1. The van der Waals surface area contributed by atoms with Gasteiger partial charge in [-0.3, -0.25) is 4.79 Å². The molecule has 3 N–H and O–H groups in total. The highest BCUT2D eigenvalue weighted by Gasteiger charge is 2.06. The first-order valence-corrected chi connectivity index (χ1v) is 10.3. The summed E-state index contributed by atoms with van der Waals surface area (Å²) in [6, 6.07) is 7.64. The average molecular weight is 543 g/mol. The second kappa shape index (κ2) is 14.7. The second-order valence-corrected chi connectivity index (χ2v) is 6.82. The minimum Gasteiger partial charge on any atom is -0.382 e. The lowest BCUT2D eigenvalue weighted by atomic mass is 10.1. The number of amides is 1. The number of guanidine groups is 1. The van der Waals surface area contributed by atoms with E-state index in [2.05, 4.69) is 31.1 Å². The van der Waals surface area contributed by atoms with E-state index in [1.165, 1.54) is 0 Å². The number of aliphatic imine (C=N–C) groups is 1. The number of benzene rings is 1. The van der Waals surface area contributed by atoms with E-state index in [0.29, 0.717) is 25.3 Å². The fraction of sp³-hybridized carbons (Fsp3) is 0.524. The van der Waals surface area contributed by atoms with Crippen LogP contribution in [0.2, 0.25) is 0 Å². The van der Waals surface area contributed by atoms with Crippen molar-refractivity contribution >= 4 is 35.8 Å². The van der Waals surface area contributed by atoms with Crippen LogP contribution in [-0.2, 0) is 24.8 Å². The van der Waals surface area contributed by atoms with E-state index in [4.69, 9.17) is 4.74 Å². The van der Waals surface area contributed by atoms with Crippen LogP contribution in [-0.4, -0.2) is 60.0 Å². The van der Waals surface area contributed by atoms with E-state index in [1.807, 2.05) is 49.7 Å². The van der Waals surface area contributed by atoms with Crippen molar-refractivity contribution in [3.63, 3.8) is 0 Å². The standard InChI is InChI=1S/C21H33N7O2.HI/c1-5-30-13-7-11-23-21(25-15-19-27-26-16(2)28(19)4)24-12-10-17-8-6-9-18(14-17)20(29)22-3;/h6,8-9,14H,5,7,10-13,15H2,1-4H3,(H,22,29)(H2,23,24,25);1H. The summed E-state index contributed by atoms with van der Waals surface area (Å²) in [4.78, 5) is 16.5. The Morgan fingerprint density at radius 1 is 1.23 bits per heavy atom. The first-order valence-electron chi connectivity index (χ1n) is 10.3. The number of hydrogen-bond donors (Lipinski definition) is 3. The predicted molar refractivity (Wildman–Crippen MR) is 133 cm³/mol. The van der Waals surface area contributed by atoms with E-state index in [0.717, 1.165) is 49.2 Å². The number of nitrogens with one attached hydrogen (secondary N) is 3. The third-order valence-electron chi connectivity index (χ3n) is 4.65. The number of aryl methyl sites for hydroxylation is 1. The zero-order chi connectivity index (χ0) is 21.8. The van der Waals surface area contributed by atoms with Crippen LogP contribution in [0.5, 0.6) is 0 Å². The van der Waals surface area contributed by atoms with Gasteiger partial charge in [-0.15, -0.1) is 34.2 Å². The lowest BCUT2D eigenvalue weighted by Crippen LogP contribution is -2.39. The summed E-state index contributed by atoms with van der Waals surface area (Å²) in [6.45, 7) is 7.22. The van der Waals surface area contributed by atoms with Crippen molar-refractivity contribution in [1.29, 1.82) is 0 Å². The Morgan fingerprint density at radius 2 is 2.00 bits per heavy atom. The minimum atomic E-state index is -0.0815. The summed E-state index contributed by atoms with van der Waals surface area (Å²) in [6.07, 6.45) is 1.67. The Balaban J connectivity index is 0.00000480. The largest absolute Gasteiger partial charge is 0.382 e. The van der Waals surface area contributed by atoms with Gasteiger partial charge in [0.2, 0.25) is 0 Å². The van der Waals surface area contributed by atoms with Crippen molar-refractivity contribution in [3.05, 3.63) is 47.0 Å². The number of carbonyl (C=O) groups excluding carboxylic acids is 1. The van der Waals surface area contributed by atoms with Crippen LogP contribution in [0.25, 0.3) is 0 Å². The molecular weight excluding hydrogens is 509 g/mol. The van der Waals surface area contributed by atoms with E-state index < -0.39 is 0 Å². The fourth-order valence-corrected chi connectivity index (χ4v) is 2.78. The molecule has 1 aromatic heterocycles. The van der Waals surface area contributed by atoms with Gasteiger partial charge in [0.25, 0.3) is 5.91 Å². The van der Waals surface area contributed by atoms with Crippen LogP contribution >= 0.6 is 24.0 Å². The quantitative estimate of drug-likeness (QED) is 0.173. The normalized spacial score (nSPS) is 11.0. The number of nitrogens with zero attached hydrogens (tertiary/aromatic N) is 4. The molecule has 1 amide bonds. The lowest BCUT2D eigenvalue weighted by molar-refractivity contribution is 0.0963. The molecule has 0 radical (unpaired) electrons. The second-order valence-electron chi connectivity index (χ2n) is 6.82. The molecule has 0 fully saturated rings. The molecule has 0 aliphatic rings. The van der Waals surface area contributed by atoms with Crippen LogP contribution in [0.4, 0.5) is 0 Å². The maximum atomic E-state index is 11.8. The van der Waals surface area contributed by atoms with Gasteiger partial charge in [-0.2, -0.15) is 0 Å². The van der Waals surface area contributed by atoms with Crippen LogP contribution in [0.3, 0.4) is 0 Å². The topological polar surface area (TPSA) is 105 Å². The zero-order valence-electron chi connectivity index (χ0n) is 18.8. The van der Waals surface area contributed by atoms with E-state index in [9.17, 15) is 4.79 Å². The molecule has 172 valence electrons. The molecule has 31 heavy (non-hydrogen) atoms. The summed E-state index contributed by atoms with van der Waals surface area (Å²) >= 11 is 0. The van der Waals surface area contributed by atoms with Gasteiger partial charge in [-0.1, -0.05) is 12.1 Å². The summed E-state index contributed by atoms with van der Waals surface area (Å²) in [7, 11) is 3.57. The van der Waals surface area contributed by atoms with Gasteiger partial charge in [0, 0.05) is 46.0 Å². The molecule has 9 nitrogen and oxygen atoms in total. The monoisotopic (exact) mass is 543 g/mol. The van der Waals surface area contributed by atoms with Gasteiger partial charge in [-0.25, -0.2) is 4.99 Å². The van der Waals surface area contributed by atoms with Crippen LogP contribution < -0.4 is 16.0 Å². The van der Waals surface area contributed by atoms with Crippen LogP contribution in [0.1, 0.15) is 40.9 Å². The molecule has 0 bridgehead atoms. The number of halogens is 1. The van der Waals surface area contributed by atoms with E-state index in [1.54, 1.807) is 7.05 Å². The third kappa shape index (κ3) is 9.21. The maximum Gasteiger partial charge on any atom is 0.251 e. The first kappa shape index (κ1) is 26.8. The number of rotatable bonds is 11. The van der Waals surface area contributed by atoms with Gasteiger partial charge in [0.1, 0.15) is 12.4 Å². The summed E-state index contributed by atoms with van der Waals surface area (Å²) in [5.41, 5.74) is 1.75. The van der Waals surface area contributed by atoms with Crippen molar-refractivity contribution < 1.29 is 9.53 Å². The fourth-order valence-electron chi connectivity index (χ4n) is 2.78. The smallest absolute Gasteiger partial charge is 0.251 e. The van der Waals surface area contributed by atoms with Crippen molar-refractivity contribution in [2.24, 2.45) is 12.0 Å². The van der Waals surface area contributed by atoms with E-state index in [-0.39, 0.29) is 29.9 Å². The lowest BCUT2D eigenvalue weighted by Gasteiger charge is -2.13. The predicted octanol–water partition coefficient (Wildman–Crippen LogP) is 1.81. The minimum absolute atomic E-state index is 0. The maximum absolute atomic E-state index is 11.8. The number of aromatic nitrogens is 3. The van der Waals surface area contributed by atoms with E-state index >= 15 is 0 Å². The van der Waals surface area contributed by atoms with Gasteiger partial charge in [0.05, 0.1) is 0 Å². The number of carbonyl (C=O) groups is 1. The van der Waals surface area contributed by atoms with Crippen LogP contribution in [0.15, 0.2) is 29.3 Å². The Labute approximate surface area is 201 Å². The molecular formula is C21H34IN7O2. The highest BCUT2D eigenvalue weighted by atomic mass is 127. The highest BCUT2D eigenvalue weighted by molar-refractivity contribution is 14.0. The molecule has 0 aliphatic carbocycles. The molecule has 1 heterocycles. The highest BCUT2D eigenvalue weighted by Crippen LogP contribution is 2.06. The Bertz CT molecular complexity index is 839. The van der Waals surface area contributed by atoms with Crippen molar-refractivity contribution in [3.8, 4) is 0 Å². The summed E-state index contributed by atoms with van der Waals surface area (Å²) in [5, 5.41) is 17.6. The Hall–Kier alpha value is -2.21. The number of ether oxygens (including phenoxy) is 1. The Kier molecular flexibility index (Phi) is 12.8. The molecule has 0 aliphatic heterocycles. The summed E-state index contributed by atoms with van der Waals surface area (Å²) in [5.74, 6) is 2.30. The SMILES string of the molecule is CCOCCCNC(=NCc1nnc(C)n1C)NCCc1cccc(C(=O)NC)c1.I. The molecule has 0 atom stereocenters. The molecule has 2 rings (SSSR count). The van der Waals surface area contributed by atoms with Crippen molar-refractivity contribution in [1.82, 2.24) is 30.7 Å². The molecule has 2 aromatic rings. The molecule has 0 spiro atoms. The van der Waals surface area contributed by atoms with Crippen LogP contribution in [0, 0.1) is 6.92 Å². The number of hydrogen-bond acceptors (Lipinski definition) is 5. The van der Waals surface area contributed by atoms with Crippen molar-refractivity contribution in [2.45, 2.75) is 33.2 Å². The molecule has 10 heteroatoms. The van der Waals surface area contributed by atoms with Gasteiger partial charge in [-0.05, 0) is 44.4 Å². The third-order valence-corrected chi connectivity index (χ3v) is 4.65. The molecule has 1 aromatic carbocycles. The molecule has 0 saturated carbocycles. The average Bonchev–Trinajstić information content (AvgIpc) is 3.08. The molecule has 0 unspecified atom stereocenters. The molecule has 0 saturated heterocycles. The van der Waals surface area contributed by atoms with Crippen molar-refractivity contribution in [2.75, 3.05) is 33.4 Å².